The predicted molar refractivity (Wildman–Crippen MR) is 69.1 cm³/mol. The molecule has 1 aliphatic heterocycles. The highest BCUT2D eigenvalue weighted by atomic mass is 19.1. The van der Waals surface area contributed by atoms with Gasteiger partial charge in [-0.15, -0.1) is 0 Å². The minimum atomic E-state index is -0.501. The van der Waals surface area contributed by atoms with E-state index in [0.717, 1.165) is 37.1 Å². The number of fused-ring (bicyclic) bond motifs is 1. The van der Waals surface area contributed by atoms with Gasteiger partial charge in [-0.3, -0.25) is 4.79 Å². The number of imidazole rings is 1. The van der Waals surface area contributed by atoms with Gasteiger partial charge in [-0.2, -0.15) is 0 Å². The summed E-state index contributed by atoms with van der Waals surface area (Å²) in [6, 6.07) is 6.13. The number of amides is 1. The number of carbonyl (C=O) groups is 1. The summed E-state index contributed by atoms with van der Waals surface area (Å²) in [4.78, 5) is 15.8. The summed E-state index contributed by atoms with van der Waals surface area (Å²) >= 11 is 0. The van der Waals surface area contributed by atoms with Crippen LogP contribution in [0, 0.1) is 5.82 Å². The Morgan fingerprint density at radius 2 is 2.00 bits per heavy atom. The lowest BCUT2D eigenvalue weighted by Crippen LogP contribution is -2.17. The Labute approximate surface area is 110 Å². The van der Waals surface area contributed by atoms with Crippen molar-refractivity contribution in [3.63, 3.8) is 0 Å². The van der Waals surface area contributed by atoms with Crippen LogP contribution in [0.3, 0.4) is 0 Å². The predicted octanol–water partition coefficient (Wildman–Crippen LogP) is 2.12. The summed E-state index contributed by atoms with van der Waals surface area (Å²) in [5, 5.41) is 0. The van der Waals surface area contributed by atoms with Crippen molar-refractivity contribution in [1.82, 2.24) is 9.55 Å². The van der Waals surface area contributed by atoms with Crippen LogP contribution in [0.1, 0.15) is 29.0 Å². The zero-order valence-corrected chi connectivity index (χ0v) is 10.4. The van der Waals surface area contributed by atoms with Crippen molar-refractivity contribution in [2.24, 2.45) is 5.73 Å². The summed E-state index contributed by atoms with van der Waals surface area (Å²) in [6.45, 7) is 0.822. The summed E-state index contributed by atoms with van der Waals surface area (Å²) < 4.78 is 15.0. The maximum absolute atomic E-state index is 13.0. The third kappa shape index (κ3) is 2.01. The van der Waals surface area contributed by atoms with Gasteiger partial charge in [-0.05, 0) is 43.5 Å². The lowest BCUT2D eigenvalue weighted by molar-refractivity contribution is 0.0994. The second kappa shape index (κ2) is 4.50. The lowest BCUT2D eigenvalue weighted by atomic mass is 10.1. The van der Waals surface area contributed by atoms with Gasteiger partial charge in [0, 0.05) is 12.1 Å². The van der Waals surface area contributed by atoms with E-state index in [4.69, 9.17) is 5.73 Å². The first-order valence-electron chi connectivity index (χ1n) is 6.32. The zero-order chi connectivity index (χ0) is 13.4. The SMILES string of the molecule is NC(=O)c1nc(-c2ccc(F)cc2)n2c1CCCC2. The third-order valence-corrected chi connectivity index (χ3v) is 3.45. The van der Waals surface area contributed by atoms with E-state index < -0.39 is 5.91 Å². The fraction of sp³-hybridized carbons (Fsp3) is 0.286. The van der Waals surface area contributed by atoms with Crippen LogP contribution in [0.25, 0.3) is 11.4 Å². The smallest absolute Gasteiger partial charge is 0.269 e. The van der Waals surface area contributed by atoms with E-state index in [2.05, 4.69) is 4.98 Å². The Hall–Kier alpha value is -2.17. The van der Waals surface area contributed by atoms with Gasteiger partial charge in [0.15, 0.2) is 0 Å². The fourth-order valence-electron chi connectivity index (χ4n) is 2.56. The molecule has 3 rings (SSSR count). The van der Waals surface area contributed by atoms with E-state index in [-0.39, 0.29) is 5.82 Å². The van der Waals surface area contributed by atoms with Crippen LogP contribution in [-0.4, -0.2) is 15.5 Å². The maximum atomic E-state index is 13.0. The van der Waals surface area contributed by atoms with Crippen LogP contribution in [0.5, 0.6) is 0 Å². The van der Waals surface area contributed by atoms with Gasteiger partial charge in [0.2, 0.25) is 0 Å². The first-order valence-corrected chi connectivity index (χ1v) is 6.32. The fourth-order valence-corrected chi connectivity index (χ4v) is 2.56. The highest BCUT2D eigenvalue weighted by molar-refractivity contribution is 5.93. The number of hydrogen-bond acceptors (Lipinski definition) is 2. The molecule has 0 saturated carbocycles. The second-order valence-electron chi connectivity index (χ2n) is 4.71. The van der Waals surface area contributed by atoms with Gasteiger partial charge in [0.25, 0.3) is 5.91 Å². The molecule has 0 radical (unpaired) electrons. The van der Waals surface area contributed by atoms with Gasteiger partial charge in [-0.1, -0.05) is 0 Å². The molecule has 0 atom stereocenters. The normalized spacial score (nSPS) is 14.2. The van der Waals surface area contributed by atoms with Gasteiger partial charge in [-0.25, -0.2) is 9.37 Å². The molecule has 4 nitrogen and oxygen atoms in total. The topological polar surface area (TPSA) is 60.9 Å². The minimum Gasteiger partial charge on any atom is -0.364 e. The van der Waals surface area contributed by atoms with Crippen molar-refractivity contribution in [3.8, 4) is 11.4 Å². The highest BCUT2D eigenvalue weighted by Crippen LogP contribution is 2.27. The Morgan fingerprint density at radius 1 is 1.26 bits per heavy atom. The monoisotopic (exact) mass is 259 g/mol. The number of rotatable bonds is 2. The Balaban J connectivity index is 2.16. The van der Waals surface area contributed by atoms with E-state index >= 15 is 0 Å². The van der Waals surface area contributed by atoms with E-state index in [1.807, 2.05) is 4.57 Å². The molecule has 1 aromatic carbocycles. The van der Waals surface area contributed by atoms with E-state index in [0.29, 0.717) is 11.5 Å². The molecular formula is C14H14FN3O. The molecule has 2 heterocycles. The van der Waals surface area contributed by atoms with Gasteiger partial charge in [0.1, 0.15) is 17.3 Å². The molecule has 19 heavy (non-hydrogen) atoms. The van der Waals surface area contributed by atoms with Gasteiger partial charge >= 0.3 is 0 Å². The Morgan fingerprint density at radius 3 is 2.68 bits per heavy atom. The molecule has 2 aromatic rings. The summed E-state index contributed by atoms with van der Waals surface area (Å²) in [7, 11) is 0. The molecular weight excluding hydrogens is 245 g/mol. The summed E-state index contributed by atoms with van der Waals surface area (Å²) in [6.07, 6.45) is 2.90. The third-order valence-electron chi connectivity index (χ3n) is 3.45. The molecule has 1 amide bonds. The lowest BCUT2D eigenvalue weighted by Gasteiger charge is -2.17. The molecule has 5 heteroatoms. The molecule has 98 valence electrons. The maximum Gasteiger partial charge on any atom is 0.269 e. The zero-order valence-electron chi connectivity index (χ0n) is 10.4. The van der Waals surface area contributed by atoms with Crippen LogP contribution < -0.4 is 5.73 Å². The molecule has 0 spiro atoms. The van der Waals surface area contributed by atoms with E-state index in [1.54, 1.807) is 12.1 Å². The molecule has 1 aromatic heterocycles. The highest BCUT2D eigenvalue weighted by Gasteiger charge is 2.23. The van der Waals surface area contributed by atoms with Crippen LogP contribution in [0.4, 0.5) is 4.39 Å². The number of primary amides is 1. The number of aromatic nitrogens is 2. The van der Waals surface area contributed by atoms with E-state index in [1.165, 1.54) is 12.1 Å². The average Bonchev–Trinajstić information content (AvgIpc) is 2.79. The molecule has 2 N–H and O–H groups in total. The first kappa shape index (κ1) is 11.9. The van der Waals surface area contributed by atoms with Crippen molar-refractivity contribution < 1.29 is 9.18 Å². The van der Waals surface area contributed by atoms with Gasteiger partial charge < -0.3 is 10.3 Å². The number of nitrogens with two attached hydrogens (primary N) is 1. The van der Waals surface area contributed by atoms with Crippen molar-refractivity contribution in [1.29, 1.82) is 0 Å². The van der Waals surface area contributed by atoms with Crippen molar-refractivity contribution in [3.05, 3.63) is 41.5 Å². The van der Waals surface area contributed by atoms with E-state index in [9.17, 15) is 9.18 Å². The largest absolute Gasteiger partial charge is 0.364 e. The number of hydrogen-bond donors (Lipinski definition) is 1. The molecule has 0 fully saturated rings. The molecule has 0 saturated heterocycles. The second-order valence-corrected chi connectivity index (χ2v) is 4.71. The molecule has 0 bridgehead atoms. The minimum absolute atomic E-state index is 0.288. The summed E-state index contributed by atoms with van der Waals surface area (Å²) in [5.74, 6) is -0.0909. The van der Waals surface area contributed by atoms with Crippen LogP contribution in [0.2, 0.25) is 0 Å². The first-order chi connectivity index (χ1) is 9.16. The number of benzene rings is 1. The van der Waals surface area contributed by atoms with Crippen molar-refractivity contribution in [2.45, 2.75) is 25.8 Å². The summed E-state index contributed by atoms with van der Waals surface area (Å²) in [5.41, 5.74) is 7.43. The number of nitrogens with zero attached hydrogens (tertiary/aromatic N) is 2. The average molecular weight is 259 g/mol. The quantitative estimate of drug-likeness (QED) is 0.898. The van der Waals surface area contributed by atoms with Crippen LogP contribution >= 0.6 is 0 Å². The number of carbonyl (C=O) groups excluding carboxylic acids is 1. The standard InChI is InChI=1S/C14H14FN3O/c15-10-6-4-9(5-7-10)14-17-12(13(16)19)11-3-1-2-8-18(11)14/h4-7H,1-3,8H2,(H2,16,19). The van der Waals surface area contributed by atoms with Crippen LogP contribution in [0.15, 0.2) is 24.3 Å². The van der Waals surface area contributed by atoms with Crippen LogP contribution in [-0.2, 0) is 13.0 Å². The van der Waals surface area contributed by atoms with Gasteiger partial charge in [0.05, 0.1) is 5.69 Å². The Kier molecular flexibility index (Phi) is 2.81. The Bertz CT molecular complexity index is 631. The molecule has 1 aliphatic rings. The van der Waals surface area contributed by atoms with Crippen molar-refractivity contribution in [2.75, 3.05) is 0 Å². The van der Waals surface area contributed by atoms with Crippen molar-refractivity contribution >= 4 is 5.91 Å². The number of halogens is 1. The molecule has 0 unspecified atom stereocenters. The molecule has 0 aliphatic carbocycles.